The van der Waals surface area contributed by atoms with Crippen LogP contribution in [0.5, 0.6) is 0 Å². The Morgan fingerprint density at radius 2 is 1.87 bits per heavy atom. The van der Waals surface area contributed by atoms with Gasteiger partial charge in [0, 0.05) is 19.5 Å². The van der Waals surface area contributed by atoms with Crippen LogP contribution in [-0.4, -0.2) is 30.1 Å². The molecule has 0 spiro atoms. The highest BCUT2D eigenvalue weighted by Gasteiger charge is 2.34. The lowest BCUT2D eigenvalue weighted by molar-refractivity contribution is -0.109. The molecule has 0 bridgehead atoms. The molecule has 2 unspecified atom stereocenters. The third-order valence-electron chi connectivity index (χ3n) is 5.50. The zero-order chi connectivity index (χ0) is 22.8. The molecule has 0 saturated heterocycles. The molecule has 166 valence electrons. The van der Waals surface area contributed by atoms with E-state index in [0.717, 1.165) is 35.1 Å². The van der Waals surface area contributed by atoms with Crippen molar-refractivity contribution in [1.29, 1.82) is 0 Å². The van der Waals surface area contributed by atoms with E-state index in [2.05, 4.69) is 17.4 Å². The Morgan fingerprint density at radius 1 is 1.13 bits per heavy atom. The fraction of sp³-hybridized carbons (Fsp3) is 0.417. The van der Waals surface area contributed by atoms with Crippen molar-refractivity contribution >= 4 is 35.7 Å². The standard InChI is InChI=1S/C24H28Cl2N2O3/c1-24(2,3)31-23(30)28(4)22-10-8-17(16-6-9-20(25)21(26)12-16)18-7-5-15(11-19(18)22)13-27-14-29/h5-7,9,11-12,14,17,22H,8,10,13H2,1-4H3,(H,27,29). The van der Waals surface area contributed by atoms with E-state index >= 15 is 0 Å². The van der Waals surface area contributed by atoms with E-state index in [1.54, 1.807) is 11.9 Å². The van der Waals surface area contributed by atoms with E-state index in [-0.39, 0.29) is 18.1 Å². The number of hydrogen-bond acceptors (Lipinski definition) is 3. The van der Waals surface area contributed by atoms with Crippen LogP contribution in [0.1, 0.15) is 67.8 Å². The van der Waals surface area contributed by atoms with Crippen molar-refractivity contribution in [1.82, 2.24) is 10.2 Å². The van der Waals surface area contributed by atoms with Gasteiger partial charge in [0.15, 0.2) is 0 Å². The molecule has 0 fully saturated rings. The molecule has 0 saturated carbocycles. The number of rotatable bonds is 5. The molecular weight excluding hydrogens is 435 g/mol. The number of nitrogens with zero attached hydrogens (tertiary/aromatic N) is 1. The topological polar surface area (TPSA) is 58.6 Å². The summed E-state index contributed by atoms with van der Waals surface area (Å²) in [5, 5.41) is 3.76. The van der Waals surface area contributed by atoms with Gasteiger partial charge in [-0.05, 0) is 68.0 Å². The van der Waals surface area contributed by atoms with Gasteiger partial charge in [-0.1, -0.05) is 47.5 Å². The summed E-state index contributed by atoms with van der Waals surface area (Å²) in [5.41, 5.74) is 3.69. The van der Waals surface area contributed by atoms with Crippen LogP contribution in [-0.2, 0) is 16.1 Å². The maximum atomic E-state index is 12.8. The van der Waals surface area contributed by atoms with Gasteiger partial charge in [-0.25, -0.2) is 4.79 Å². The van der Waals surface area contributed by atoms with Crippen LogP contribution in [0, 0.1) is 0 Å². The number of ether oxygens (including phenoxy) is 1. The first-order valence-corrected chi connectivity index (χ1v) is 11.1. The number of nitrogens with one attached hydrogen (secondary N) is 1. The first kappa shape index (κ1) is 23.4. The molecule has 0 aromatic heterocycles. The number of benzene rings is 2. The predicted octanol–water partition coefficient (Wildman–Crippen LogP) is 6.07. The van der Waals surface area contributed by atoms with Crippen LogP contribution in [0.3, 0.4) is 0 Å². The minimum absolute atomic E-state index is 0.125. The van der Waals surface area contributed by atoms with Crippen LogP contribution >= 0.6 is 23.2 Å². The molecule has 3 rings (SSSR count). The lowest BCUT2D eigenvalue weighted by Crippen LogP contribution is -2.38. The van der Waals surface area contributed by atoms with Gasteiger partial charge in [-0.3, -0.25) is 4.79 Å². The minimum Gasteiger partial charge on any atom is -0.444 e. The van der Waals surface area contributed by atoms with Crippen LogP contribution in [0.2, 0.25) is 10.0 Å². The van der Waals surface area contributed by atoms with Crippen molar-refractivity contribution < 1.29 is 14.3 Å². The first-order chi connectivity index (χ1) is 14.6. The molecule has 2 aromatic rings. The van der Waals surface area contributed by atoms with E-state index in [0.29, 0.717) is 23.0 Å². The van der Waals surface area contributed by atoms with E-state index in [1.807, 2.05) is 45.0 Å². The molecular formula is C24H28Cl2N2O3. The normalized spacial score (nSPS) is 18.1. The number of halogens is 2. The summed E-state index contributed by atoms with van der Waals surface area (Å²) >= 11 is 12.4. The Hall–Kier alpha value is -2.24. The second-order valence-electron chi connectivity index (χ2n) is 8.87. The fourth-order valence-corrected chi connectivity index (χ4v) is 4.38. The number of carbonyl (C=O) groups excluding carboxylic acids is 2. The van der Waals surface area contributed by atoms with Gasteiger partial charge in [0.05, 0.1) is 16.1 Å². The van der Waals surface area contributed by atoms with Crippen molar-refractivity contribution in [3.63, 3.8) is 0 Å². The zero-order valence-corrected chi connectivity index (χ0v) is 19.8. The molecule has 2 aromatic carbocycles. The largest absolute Gasteiger partial charge is 0.444 e. The van der Waals surface area contributed by atoms with Gasteiger partial charge < -0.3 is 15.0 Å². The summed E-state index contributed by atoms with van der Waals surface area (Å²) in [6, 6.07) is 11.8. The number of hydrogen-bond donors (Lipinski definition) is 1. The summed E-state index contributed by atoms with van der Waals surface area (Å²) in [6.07, 6.45) is 1.96. The van der Waals surface area contributed by atoms with E-state index < -0.39 is 5.60 Å². The van der Waals surface area contributed by atoms with Crippen molar-refractivity contribution in [3.8, 4) is 0 Å². The van der Waals surface area contributed by atoms with Crippen molar-refractivity contribution in [3.05, 3.63) is 68.7 Å². The quantitative estimate of drug-likeness (QED) is 0.548. The van der Waals surface area contributed by atoms with Gasteiger partial charge >= 0.3 is 6.09 Å². The lowest BCUT2D eigenvalue weighted by Gasteiger charge is -2.38. The molecule has 0 radical (unpaired) electrons. The molecule has 31 heavy (non-hydrogen) atoms. The van der Waals surface area contributed by atoms with E-state index in [1.165, 1.54) is 0 Å². The predicted molar refractivity (Wildman–Crippen MR) is 124 cm³/mol. The van der Waals surface area contributed by atoms with Gasteiger partial charge in [0.25, 0.3) is 0 Å². The summed E-state index contributed by atoms with van der Waals surface area (Å²) in [7, 11) is 1.78. The molecule has 2 atom stereocenters. The van der Waals surface area contributed by atoms with Crippen molar-refractivity contribution in [2.24, 2.45) is 0 Å². The third-order valence-corrected chi connectivity index (χ3v) is 6.24. The Bertz CT molecular complexity index is 972. The highest BCUT2D eigenvalue weighted by molar-refractivity contribution is 6.42. The highest BCUT2D eigenvalue weighted by atomic mass is 35.5. The van der Waals surface area contributed by atoms with E-state index in [4.69, 9.17) is 27.9 Å². The lowest BCUT2D eigenvalue weighted by atomic mass is 9.76. The molecule has 1 aliphatic carbocycles. The van der Waals surface area contributed by atoms with Crippen molar-refractivity contribution in [2.45, 2.75) is 57.7 Å². The maximum Gasteiger partial charge on any atom is 0.410 e. The molecule has 2 amide bonds. The Morgan fingerprint density at radius 3 is 2.52 bits per heavy atom. The smallest absolute Gasteiger partial charge is 0.410 e. The Kier molecular flexibility index (Phi) is 7.17. The average molecular weight is 463 g/mol. The van der Waals surface area contributed by atoms with Crippen LogP contribution in [0.4, 0.5) is 4.79 Å². The molecule has 0 aliphatic heterocycles. The SMILES string of the molecule is CN(C(=O)OC(C)(C)C)C1CCC(c2ccc(Cl)c(Cl)c2)c2ccc(CNC=O)cc21. The van der Waals surface area contributed by atoms with Crippen LogP contribution < -0.4 is 5.32 Å². The summed E-state index contributed by atoms with van der Waals surface area (Å²) in [6.45, 7) is 6.00. The Balaban J connectivity index is 2.00. The van der Waals surface area contributed by atoms with Crippen LogP contribution in [0.15, 0.2) is 36.4 Å². The first-order valence-electron chi connectivity index (χ1n) is 10.3. The summed E-state index contributed by atoms with van der Waals surface area (Å²) in [4.78, 5) is 25.2. The summed E-state index contributed by atoms with van der Waals surface area (Å²) < 4.78 is 5.60. The third kappa shape index (κ3) is 5.52. The molecule has 1 N–H and O–H groups in total. The van der Waals surface area contributed by atoms with Gasteiger partial charge in [0.2, 0.25) is 6.41 Å². The second-order valence-corrected chi connectivity index (χ2v) is 9.69. The zero-order valence-electron chi connectivity index (χ0n) is 18.2. The van der Waals surface area contributed by atoms with Gasteiger partial charge in [0.1, 0.15) is 5.60 Å². The van der Waals surface area contributed by atoms with E-state index in [9.17, 15) is 9.59 Å². The number of amides is 2. The molecule has 1 aliphatic rings. The highest BCUT2D eigenvalue weighted by Crippen LogP contribution is 2.44. The maximum absolute atomic E-state index is 12.8. The second kappa shape index (κ2) is 9.49. The fourth-order valence-electron chi connectivity index (χ4n) is 4.07. The van der Waals surface area contributed by atoms with Gasteiger partial charge in [-0.15, -0.1) is 0 Å². The minimum atomic E-state index is -0.568. The Labute approximate surface area is 193 Å². The molecule has 7 heteroatoms. The summed E-state index contributed by atoms with van der Waals surface area (Å²) in [5.74, 6) is 0.140. The molecule has 5 nitrogen and oxygen atoms in total. The van der Waals surface area contributed by atoms with Gasteiger partial charge in [-0.2, -0.15) is 0 Å². The average Bonchev–Trinajstić information content (AvgIpc) is 2.71. The monoisotopic (exact) mass is 462 g/mol. The number of carbonyl (C=O) groups is 2. The number of fused-ring (bicyclic) bond motifs is 1. The van der Waals surface area contributed by atoms with Crippen LogP contribution in [0.25, 0.3) is 0 Å². The molecule has 0 heterocycles. The van der Waals surface area contributed by atoms with Crippen molar-refractivity contribution in [2.75, 3.05) is 7.05 Å².